The number of nitrogens with zero attached hydrogens (tertiary/aromatic N) is 2. The van der Waals surface area contributed by atoms with Gasteiger partial charge in [0.25, 0.3) is 5.91 Å². The number of amides is 1. The van der Waals surface area contributed by atoms with Crippen molar-refractivity contribution in [1.82, 2.24) is 14.9 Å². The van der Waals surface area contributed by atoms with Crippen molar-refractivity contribution in [1.29, 1.82) is 0 Å². The SMILES string of the molecule is Cl.Cn1cnc(C(=O)NC(CN)C2CC2)c1. The van der Waals surface area contributed by atoms with Gasteiger partial charge in [-0.3, -0.25) is 4.79 Å². The lowest BCUT2D eigenvalue weighted by Crippen LogP contribution is -2.41. The molecule has 0 radical (unpaired) electrons. The Hall–Kier alpha value is -1.07. The largest absolute Gasteiger partial charge is 0.346 e. The Balaban J connectivity index is 0.00000128. The number of nitrogens with two attached hydrogens (primary N) is 1. The summed E-state index contributed by atoms with van der Waals surface area (Å²) in [6.07, 6.45) is 5.66. The van der Waals surface area contributed by atoms with Crippen molar-refractivity contribution in [2.24, 2.45) is 18.7 Å². The molecule has 1 amide bonds. The number of nitrogens with one attached hydrogen (secondary N) is 1. The van der Waals surface area contributed by atoms with Crippen molar-refractivity contribution in [3.63, 3.8) is 0 Å². The molecule has 1 atom stereocenters. The highest BCUT2D eigenvalue weighted by atomic mass is 35.5. The van der Waals surface area contributed by atoms with Crippen LogP contribution in [0.25, 0.3) is 0 Å². The van der Waals surface area contributed by atoms with E-state index in [9.17, 15) is 4.79 Å². The second kappa shape index (κ2) is 5.32. The fraction of sp³-hybridized carbons (Fsp3) is 0.600. The van der Waals surface area contributed by atoms with Crippen molar-refractivity contribution >= 4 is 18.3 Å². The van der Waals surface area contributed by atoms with E-state index in [4.69, 9.17) is 5.73 Å². The maximum atomic E-state index is 11.7. The van der Waals surface area contributed by atoms with Gasteiger partial charge in [-0.15, -0.1) is 12.4 Å². The predicted octanol–water partition coefficient (Wildman–Crippen LogP) is 0.309. The lowest BCUT2D eigenvalue weighted by atomic mass is 10.2. The van der Waals surface area contributed by atoms with Gasteiger partial charge in [0.1, 0.15) is 5.69 Å². The number of halogens is 1. The Kier molecular flexibility index (Phi) is 4.32. The van der Waals surface area contributed by atoms with E-state index >= 15 is 0 Å². The minimum absolute atomic E-state index is 0. The second-order valence-corrected chi connectivity index (χ2v) is 4.08. The molecule has 90 valence electrons. The van der Waals surface area contributed by atoms with Gasteiger partial charge in [0, 0.05) is 25.8 Å². The van der Waals surface area contributed by atoms with E-state index in [0.29, 0.717) is 18.2 Å². The van der Waals surface area contributed by atoms with Gasteiger partial charge in [0.05, 0.1) is 6.33 Å². The molecule has 0 bridgehead atoms. The highest BCUT2D eigenvalue weighted by Crippen LogP contribution is 2.32. The maximum absolute atomic E-state index is 11.7. The van der Waals surface area contributed by atoms with Gasteiger partial charge in [-0.1, -0.05) is 0 Å². The summed E-state index contributed by atoms with van der Waals surface area (Å²) in [6.45, 7) is 0.503. The number of hydrogen-bond donors (Lipinski definition) is 2. The molecule has 1 saturated carbocycles. The zero-order chi connectivity index (χ0) is 10.8. The van der Waals surface area contributed by atoms with Gasteiger partial charge >= 0.3 is 0 Å². The molecule has 0 saturated heterocycles. The van der Waals surface area contributed by atoms with Gasteiger partial charge in [0.15, 0.2) is 0 Å². The summed E-state index contributed by atoms with van der Waals surface area (Å²) in [7, 11) is 1.84. The first-order valence-electron chi connectivity index (χ1n) is 5.19. The maximum Gasteiger partial charge on any atom is 0.271 e. The van der Waals surface area contributed by atoms with Crippen LogP contribution >= 0.6 is 12.4 Å². The fourth-order valence-corrected chi connectivity index (χ4v) is 1.64. The molecule has 1 aromatic heterocycles. The molecule has 3 N–H and O–H groups in total. The number of carbonyl (C=O) groups excluding carboxylic acids is 1. The topological polar surface area (TPSA) is 72.9 Å². The molecule has 1 fully saturated rings. The lowest BCUT2D eigenvalue weighted by molar-refractivity contribution is 0.0929. The van der Waals surface area contributed by atoms with Crippen LogP contribution in [-0.2, 0) is 7.05 Å². The molecular weight excluding hydrogens is 228 g/mol. The number of hydrogen-bond acceptors (Lipinski definition) is 3. The molecule has 16 heavy (non-hydrogen) atoms. The molecule has 1 aliphatic rings. The molecule has 5 nitrogen and oxygen atoms in total. The van der Waals surface area contributed by atoms with Crippen molar-refractivity contribution in [3.05, 3.63) is 18.2 Å². The molecule has 1 aromatic rings. The van der Waals surface area contributed by atoms with Gasteiger partial charge < -0.3 is 15.6 Å². The second-order valence-electron chi connectivity index (χ2n) is 4.08. The van der Waals surface area contributed by atoms with Gasteiger partial charge in [-0.05, 0) is 18.8 Å². The number of aryl methyl sites for hydroxylation is 1. The molecule has 0 aliphatic heterocycles. The van der Waals surface area contributed by atoms with Crippen LogP contribution in [0, 0.1) is 5.92 Å². The van der Waals surface area contributed by atoms with Crippen molar-refractivity contribution in [3.8, 4) is 0 Å². The average Bonchev–Trinajstić information content (AvgIpc) is 2.97. The molecule has 1 aliphatic carbocycles. The Morgan fingerprint density at radius 3 is 2.88 bits per heavy atom. The van der Waals surface area contributed by atoms with E-state index in [1.54, 1.807) is 17.1 Å². The van der Waals surface area contributed by atoms with E-state index in [1.807, 2.05) is 7.05 Å². The normalized spacial score (nSPS) is 16.4. The first-order chi connectivity index (χ1) is 7.20. The summed E-state index contributed by atoms with van der Waals surface area (Å²) in [5.41, 5.74) is 6.06. The summed E-state index contributed by atoms with van der Waals surface area (Å²) in [4.78, 5) is 15.7. The summed E-state index contributed by atoms with van der Waals surface area (Å²) >= 11 is 0. The zero-order valence-corrected chi connectivity index (χ0v) is 10.0. The standard InChI is InChI=1S/C10H16N4O.ClH/c1-14-5-9(12-6-14)10(15)13-8(4-11)7-2-3-7;/h5-8H,2-4,11H2,1H3,(H,13,15);1H. The van der Waals surface area contributed by atoms with E-state index in [0.717, 1.165) is 0 Å². The lowest BCUT2D eigenvalue weighted by Gasteiger charge is -2.14. The minimum Gasteiger partial charge on any atom is -0.346 e. The van der Waals surface area contributed by atoms with E-state index in [2.05, 4.69) is 10.3 Å². The molecule has 0 aromatic carbocycles. The highest BCUT2D eigenvalue weighted by molar-refractivity contribution is 5.92. The third-order valence-corrected chi connectivity index (χ3v) is 2.70. The number of carbonyl (C=O) groups is 1. The van der Waals surface area contributed by atoms with Crippen molar-refractivity contribution < 1.29 is 4.79 Å². The van der Waals surface area contributed by atoms with Crippen molar-refractivity contribution in [2.45, 2.75) is 18.9 Å². The van der Waals surface area contributed by atoms with Crippen LogP contribution in [0.5, 0.6) is 0 Å². The summed E-state index contributed by atoms with van der Waals surface area (Å²) in [6, 6.07) is 0.111. The average molecular weight is 245 g/mol. The van der Waals surface area contributed by atoms with Crippen LogP contribution in [0.15, 0.2) is 12.5 Å². The number of imidazole rings is 1. The smallest absolute Gasteiger partial charge is 0.271 e. The third-order valence-electron chi connectivity index (χ3n) is 2.70. The molecule has 2 rings (SSSR count). The van der Waals surface area contributed by atoms with Gasteiger partial charge in [0.2, 0.25) is 0 Å². The molecule has 1 unspecified atom stereocenters. The molecular formula is C10H17ClN4O. The van der Waals surface area contributed by atoms with Crippen LogP contribution in [0.1, 0.15) is 23.3 Å². The Morgan fingerprint density at radius 2 is 2.44 bits per heavy atom. The van der Waals surface area contributed by atoms with Crippen LogP contribution in [0.4, 0.5) is 0 Å². The molecule has 0 spiro atoms. The van der Waals surface area contributed by atoms with E-state index in [1.165, 1.54) is 12.8 Å². The first kappa shape index (κ1) is 13.0. The Labute approximate surface area is 101 Å². The summed E-state index contributed by atoms with van der Waals surface area (Å²) < 4.78 is 1.75. The van der Waals surface area contributed by atoms with E-state index in [-0.39, 0.29) is 24.4 Å². The molecule has 1 heterocycles. The fourth-order valence-electron chi connectivity index (χ4n) is 1.64. The quantitative estimate of drug-likeness (QED) is 0.801. The van der Waals surface area contributed by atoms with Crippen molar-refractivity contribution in [2.75, 3.05) is 6.54 Å². The monoisotopic (exact) mass is 244 g/mol. The first-order valence-corrected chi connectivity index (χ1v) is 5.19. The summed E-state index contributed by atoms with van der Waals surface area (Å²) in [5.74, 6) is 0.445. The predicted molar refractivity (Wildman–Crippen MR) is 63.5 cm³/mol. The van der Waals surface area contributed by atoms with Crippen LogP contribution in [0.3, 0.4) is 0 Å². The van der Waals surface area contributed by atoms with Crippen LogP contribution in [-0.4, -0.2) is 28.0 Å². The highest BCUT2D eigenvalue weighted by Gasteiger charge is 2.31. The van der Waals surface area contributed by atoms with E-state index < -0.39 is 0 Å². The van der Waals surface area contributed by atoms with Gasteiger partial charge in [-0.2, -0.15) is 0 Å². The van der Waals surface area contributed by atoms with Gasteiger partial charge in [-0.25, -0.2) is 4.98 Å². The summed E-state index contributed by atoms with van der Waals surface area (Å²) in [5, 5.41) is 2.92. The third kappa shape index (κ3) is 2.96. The minimum atomic E-state index is -0.127. The Bertz CT molecular complexity index is 361. The zero-order valence-electron chi connectivity index (χ0n) is 9.22. The Morgan fingerprint density at radius 1 is 1.75 bits per heavy atom. The van der Waals surface area contributed by atoms with Crippen LogP contribution in [0.2, 0.25) is 0 Å². The van der Waals surface area contributed by atoms with Crippen LogP contribution < -0.4 is 11.1 Å². The number of aromatic nitrogens is 2. The molecule has 6 heteroatoms. The number of rotatable bonds is 4.